The lowest BCUT2D eigenvalue weighted by Gasteiger charge is -2.09. The molecule has 1 N–H and O–H groups in total. The van der Waals surface area contributed by atoms with Gasteiger partial charge in [0.2, 0.25) is 11.7 Å². The van der Waals surface area contributed by atoms with Gasteiger partial charge in [-0.25, -0.2) is 9.37 Å². The Kier molecular flexibility index (Phi) is 4.11. The van der Waals surface area contributed by atoms with Gasteiger partial charge in [-0.1, -0.05) is 15.9 Å². The Balaban J connectivity index is 2.33. The van der Waals surface area contributed by atoms with Gasteiger partial charge < -0.3 is 9.84 Å². The van der Waals surface area contributed by atoms with Crippen LogP contribution in [0.3, 0.4) is 0 Å². The predicted molar refractivity (Wildman–Crippen MR) is 69.0 cm³/mol. The first-order valence-corrected chi connectivity index (χ1v) is 6.23. The van der Waals surface area contributed by atoms with Crippen LogP contribution >= 0.6 is 15.9 Å². The van der Waals surface area contributed by atoms with Crippen molar-refractivity contribution in [3.05, 3.63) is 52.1 Å². The van der Waals surface area contributed by atoms with Gasteiger partial charge in [0.25, 0.3) is 0 Å². The van der Waals surface area contributed by atoms with Crippen molar-refractivity contribution in [3.8, 4) is 11.6 Å². The topological polar surface area (TPSA) is 42.4 Å². The van der Waals surface area contributed by atoms with E-state index in [0.717, 1.165) is 6.07 Å². The molecule has 1 atom stereocenters. The summed E-state index contributed by atoms with van der Waals surface area (Å²) in [4.78, 5) is 3.88. The summed E-state index contributed by atoms with van der Waals surface area (Å²) in [5.74, 6) is -2.31. The van der Waals surface area contributed by atoms with E-state index in [1.807, 2.05) is 0 Å². The maximum atomic E-state index is 13.5. The van der Waals surface area contributed by atoms with Crippen molar-refractivity contribution in [2.45, 2.75) is 13.0 Å². The number of hydrogen-bond donors (Lipinski definition) is 1. The van der Waals surface area contributed by atoms with E-state index in [0.29, 0.717) is 10.0 Å². The zero-order chi connectivity index (χ0) is 14.0. The third kappa shape index (κ3) is 3.27. The molecule has 0 fully saturated rings. The maximum Gasteiger partial charge on any atom is 0.219 e. The van der Waals surface area contributed by atoms with E-state index in [1.54, 1.807) is 13.0 Å². The van der Waals surface area contributed by atoms with Crippen LogP contribution in [0, 0.1) is 11.6 Å². The lowest BCUT2D eigenvalue weighted by Crippen LogP contribution is -1.96. The molecule has 0 radical (unpaired) electrons. The van der Waals surface area contributed by atoms with Crippen LogP contribution in [0.15, 0.2) is 34.9 Å². The second-order valence-corrected chi connectivity index (χ2v) is 4.82. The molecule has 0 saturated carbocycles. The molecule has 0 unspecified atom stereocenters. The molecule has 3 nitrogen and oxygen atoms in total. The zero-order valence-corrected chi connectivity index (χ0v) is 11.5. The van der Waals surface area contributed by atoms with Gasteiger partial charge in [-0.3, -0.25) is 0 Å². The molecule has 2 rings (SSSR count). The SMILES string of the molecule is C[C@H](O)c1ccnc(Oc2cc(Br)cc(F)c2F)c1. The van der Waals surface area contributed by atoms with Gasteiger partial charge in [-0.2, -0.15) is 4.39 Å². The molecular formula is C13H10BrF2NO2. The monoisotopic (exact) mass is 329 g/mol. The highest BCUT2D eigenvalue weighted by atomic mass is 79.9. The highest BCUT2D eigenvalue weighted by molar-refractivity contribution is 9.10. The molecule has 1 aromatic carbocycles. The third-order valence-electron chi connectivity index (χ3n) is 2.42. The quantitative estimate of drug-likeness (QED) is 0.866. The molecule has 100 valence electrons. The number of benzene rings is 1. The van der Waals surface area contributed by atoms with Crippen molar-refractivity contribution in [1.29, 1.82) is 0 Å². The van der Waals surface area contributed by atoms with Crippen LogP contribution < -0.4 is 4.74 Å². The van der Waals surface area contributed by atoms with Crippen molar-refractivity contribution in [2.24, 2.45) is 0 Å². The summed E-state index contributed by atoms with van der Waals surface area (Å²) in [6.45, 7) is 1.58. The predicted octanol–water partition coefficient (Wildman–Crippen LogP) is 3.97. The fourth-order valence-electron chi connectivity index (χ4n) is 1.46. The second-order valence-electron chi connectivity index (χ2n) is 3.91. The molecule has 0 saturated heterocycles. The average Bonchev–Trinajstić information content (AvgIpc) is 2.35. The molecule has 0 amide bonds. The largest absolute Gasteiger partial charge is 0.436 e. The van der Waals surface area contributed by atoms with E-state index in [9.17, 15) is 13.9 Å². The summed E-state index contributed by atoms with van der Waals surface area (Å²) >= 11 is 3.05. The number of aliphatic hydroxyl groups excluding tert-OH is 1. The van der Waals surface area contributed by atoms with Crippen LogP contribution in [0.25, 0.3) is 0 Å². The average molecular weight is 330 g/mol. The van der Waals surface area contributed by atoms with Crippen LogP contribution in [0.2, 0.25) is 0 Å². The number of nitrogens with zero attached hydrogens (tertiary/aromatic N) is 1. The summed E-state index contributed by atoms with van der Waals surface area (Å²) in [7, 11) is 0. The number of hydrogen-bond acceptors (Lipinski definition) is 3. The maximum absolute atomic E-state index is 13.5. The number of ether oxygens (including phenoxy) is 1. The zero-order valence-electron chi connectivity index (χ0n) is 9.90. The van der Waals surface area contributed by atoms with E-state index in [-0.39, 0.29) is 11.6 Å². The van der Waals surface area contributed by atoms with Crippen molar-refractivity contribution >= 4 is 15.9 Å². The summed E-state index contributed by atoms with van der Waals surface area (Å²) in [5, 5.41) is 9.43. The Morgan fingerprint density at radius 3 is 2.74 bits per heavy atom. The Morgan fingerprint density at radius 1 is 1.32 bits per heavy atom. The van der Waals surface area contributed by atoms with Gasteiger partial charge in [-0.15, -0.1) is 0 Å². The van der Waals surface area contributed by atoms with Crippen LogP contribution in [-0.4, -0.2) is 10.1 Å². The first-order chi connectivity index (χ1) is 8.97. The molecule has 6 heteroatoms. The van der Waals surface area contributed by atoms with Gasteiger partial charge in [0.1, 0.15) is 0 Å². The Bertz CT molecular complexity index is 605. The normalized spacial score (nSPS) is 12.3. The molecule has 0 aliphatic rings. The first-order valence-electron chi connectivity index (χ1n) is 5.44. The van der Waals surface area contributed by atoms with E-state index < -0.39 is 17.7 Å². The minimum absolute atomic E-state index is 0.0785. The van der Waals surface area contributed by atoms with Gasteiger partial charge in [0.05, 0.1) is 6.10 Å². The number of halogens is 3. The van der Waals surface area contributed by atoms with E-state index in [4.69, 9.17) is 4.74 Å². The second kappa shape index (κ2) is 5.63. The molecule has 19 heavy (non-hydrogen) atoms. The fraction of sp³-hybridized carbons (Fsp3) is 0.154. The smallest absolute Gasteiger partial charge is 0.219 e. The lowest BCUT2D eigenvalue weighted by molar-refractivity contribution is 0.198. The Hall–Kier alpha value is -1.53. The standard InChI is InChI=1S/C13H10BrF2NO2/c1-7(18)8-2-3-17-12(4-8)19-11-6-9(14)5-10(15)13(11)16/h2-7,18H,1H3/t7-/m0/s1. The van der Waals surface area contributed by atoms with Gasteiger partial charge >= 0.3 is 0 Å². The Labute approximate surface area is 117 Å². The van der Waals surface area contributed by atoms with Crippen molar-refractivity contribution < 1.29 is 18.6 Å². The van der Waals surface area contributed by atoms with Crippen molar-refractivity contribution in [2.75, 3.05) is 0 Å². The van der Waals surface area contributed by atoms with Gasteiger partial charge in [0.15, 0.2) is 11.6 Å². The molecule has 0 bridgehead atoms. The molecule has 0 aliphatic carbocycles. The first kappa shape index (κ1) is 13.9. The van der Waals surface area contributed by atoms with Crippen molar-refractivity contribution in [1.82, 2.24) is 4.98 Å². The minimum atomic E-state index is -1.09. The molecule has 0 spiro atoms. The van der Waals surface area contributed by atoms with E-state index in [1.165, 1.54) is 18.3 Å². The van der Waals surface area contributed by atoms with Gasteiger partial charge in [-0.05, 0) is 30.7 Å². The number of aromatic nitrogens is 1. The van der Waals surface area contributed by atoms with Crippen LogP contribution in [-0.2, 0) is 0 Å². The molecule has 1 heterocycles. The minimum Gasteiger partial charge on any atom is -0.436 e. The van der Waals surface area contributed by atoms with Crippen LogP contribution in [0.5, 0.6) is 11.6 Å². The van der Waals surface area contributed by atoms with Crippen LogP contribution in [0.4, 0.5) is 8.78 Å². The molecule has 0 aliphatic heterocycles. The highest BCUT2D eigenvalue weighted by Gasteiger charge is 2.13. The van der Waals surface area contributed by atoms with E-state index >= 15 is 0 Å². The molecular weight excluding hydrogens is 320 g/mol. The summed E-state index contributed by atoms with van der Waals surface area (Å²) in [5.41, 5.74) is 0.570. The lowest BCUT2D eigenvalue weighted by atomic mass is 10.2. The van der Waals surface area contributed by atoms with Crippen LogP contribution in [0.1, 0.15) is 18.6 Å². The number of rotatable bonds is 3. The van der Waals surface area contributed by atoms with E-state index in [2.05, 4.69) is 20.9 Å². The fourth-order valence-corrected chi connectivity index (χ4v) is 1.87. The summed E-state index contributed by atoms with van der Waals surface area (Å²) in [6.07, 6.45) is 0.721. The third-order valence-corrected chi connectivity index (χ3v) is 2.87. The molecule has 1 aromatic heterocycles. The highest BCUT2D eigenvalue weighted by Crippen LogP contribution is 2.29. The van der Waals surface area contributed by atoms with Crippen molar-refractivity contribution in [3.63, 3.8) is 0 Å². The van der Waals surface area contributed by atoms with Gasteiger partial charge in [0, 0.05) is 16.7 Å². The Morgan fingerprint density at radius 2 is 2.05 bits per heavy atom. The molecule has 2 aromatic rings. The summed E-state index contributed by atoms with van der Waals surface area (Å²) in [6, 6.07) is 5.37. The number of aliphatic hydroxyl groups is 1. The summed E-state index contributed by atoms with van der Waals surface area (Å²) < 4.78 is 32.3. The number of pyridine rings is 1.